The number of halogens is 4. The highest BCUT2D eigenvalue weighted by molar-refractivity contribution is 14.0. The summed E-state index contributed by atoms with van der Waals surface area (Å²) in [5.74, 6) is 2.16. The van der Waals surface area contributed by atoms with Gasteiger partial charge in [-0.2, -0.15) is 13.2 Å². The number of nitrogens with zero attached hydrogens (tertiary/aromatic N) is 2. The van der Waals surface area contributed by atoms with Gasteiger partial charge in [-0.05, 0) is 56.3 Å². The van der Waals surface area contributed by atoms with Crippen molar-refractivity contribution in [1.82, 2.24) is 15.5 Å². The Balaban J connectivity index is 0.00000480. The molecule has 0 aromatic heterocycles. The summed E-state index contributed by atoms with van der Waals surface area (Å²) < 4.78 is 43.4. The molecule has 0 radical (unpaired) electrons. The van der Waals surface area contributed by atoms with Gasteiger partial charge in [0.2, 0.25) is 0 Å². The summed E-state index contributed by atoms with van der Waals surface area (Å²) in [7, 11) is 0. The third-order valence-corrected chi connectivity index (χ3v) is 4.94. The maximum Gasteiger partial charge on any atom is 0.401 e. The molecule has 0 aliphatic carbocycles. The predicted octanol–water partition coefficient (Wildman–Crippen LogP) is 4.84. The topological polar surface area (TPSA) is 48.9 Å². The summed E-state index contributed by atoms with van der Waals surface area (Å²) >= 11 is 0. The van der Waals surface area contributed by atoms with Crippen LogP contribution in [0.1, 0.15) is 45.7 Å². The third-order valence-electron chi connectivity index (χ3n) is 4.94. The maximum atomic E-state index is 12.6. The van der Waals surface area contributed by atoms with Crippen LogP contribution in [0.15, 0.2) is 29.3 Å². The van der Waals surface area contributed by atoms with Crippen molar-refractivity contribution in [2.45, 2.75) is 46.3 Å². The molecule has 31 heavy (non-hydrogen) atoms. The zero-order valence-corrected chi connectivity index (χ0v) is 21.2. The Kier molecular flexibility index (Phi) is 12.0. The van der Waals surface area contributed by atoms with Crippen LogP contribution in [-0.4, -0.2) is 56.4 Å². The van der Waals surface area contributed by atoms with Gasteiger partial charge in [-0.1, -0.05) is 26.0 Å². The highest BCUT2D eigenvalue weighted by atomic mass is 127. The van der Waals surface area contributed by atoms with Crippen LogP contribution in [0.4, 0.5) is 13.2 Å². The predicted molar refractivity (Wildman–Crippen MR) is 130 cm³/mol. The number of hydrogen-bond acceptors (Lipinski definition) is 3. The number of ether oxygens (including phenoxy) is 1. The van der Waals surface area contributed by atoms with E-state index < -0.39 is 12.7 Å². The molecule has 5 nitrogen and oxygen atoms in total. The van der Waals surface area contributed by atoms with Gasteiger partial charge in [-0.15, -0.1) is 24.0 Å². The molecule has 9 heteroatoms. The van der Waals surface area contributed by atoms with Crippen molar-refractivity contribution < 1.29 is 17.9 Å². The molecule has 2 N–H and O–H groups in total. The molecule has 1 aliphatic heterocycles. The van der Waals surface area contributed by atoms with Crippen molar-refractivity contribution in [3.05, 3.63) is 29.8 Å². The molecule has 1 aliphatic rings. The first-order valence-electron chi connectivity index (χ1n) is 10.7. The minimum atomic E-state index is -4.14. The van der Waals surface area contributed by atoms with Crippen molar-refractivity contribution in [2.75, 3.05) is 39.3 Å². The largest absolute Gasteiger partial charge is 0.493 e. The first-order chi connectivity index (χ1) is 14.2. The van der Waals surface area contributed by atoms with Crippen LogP contribution in [0.2, 0.25) is 0 Å². The van der Waals surface area contributed by atoms with Crippen LogP contribution < -0.4 is 15.4 Å². The zero-order valence-electron chi connectivity index (χ0n) is 18.8. The summed E-state index contributed by atoms with van der Waals surface area (Å²) in [4.78, 5) is 6.08. The summed E-state index contributed by atoms with van der Waals surface area (Å²) in [6, 6.07) is 8.03. The van der Waals surface area contributed by atoms with E-state index in [0.717, 1.165) is 17.7 Å². The molecule has 178 valence electrons. The van der Waals surface area contributed by atoms with Crippen LogP contribution >= 0.6 is 24.0 Å². The van der Waals surface area contributed by atoms with E-state index in [1.807, 2.05) is 31.2 Å². The Bertz CT molecular complexity index is 668. The Labute approximate surface area is 201 Å². The number of hydrogen-bond donors (Lipinski definition) is 2. The number of likely N-dealkylation sites (tertiary alicyclic amines) is 1. The second-order valence-electron chi connectivity index (χ2n) is 8.36. The number of nitrogens with one attached hydrogen (secondary N) is 2. The van der Waals surface area contributed by atoms with E-state index in [2.05, 4.69) is 36.4 Å². The molecule has 1 fully saturated rings. The second kappa shape index (κ2) is 13.3. The van der Waals surface area contributed by atoms with Crippen LogP contribution in [0.5, 0.6) is 5.75 Å². The van der Waals surface area contributed by atoms with E-state index in [9.17, 15) is 13.2 Å². The molecule has 1 aromatic rings. The fourth-order valence-corrected chi connectivity index (χ4v) is 3.40. The maximum absolute atomic E-state index is 12.6. The Hall–Kier alpha value is -1.23. The average Bonchev–Trinajstić information content (AvgIpc) is 3.10. The van der Waals surface area contributed by atoms with Gasteiger partial charge in [-0.3, -0.25) is 9.89 Å². The highest BCUT2D eigenvalue weighted by Crippen LogP contribution is 2.23. The molecule has 1 aromatic carbocycles. The minimum Gasteiger partial charge on any atom is -0.493 e. The smallest absolute Gasteiger partial charge is 0.401 e. The van der Waals surface area contributed by atoms with Gasteiger partial charge < -0.3 is 15.4 Å². The summed E-state index contributed by atoms with van der Waals surface area (Å²) in [6.45, 7) is 10.3. The highest BCUT2D eigenvalue weighted by Gasteiger charge is 2.34. The van der Waals surface area contributed by atoms with Gasteiger partial charge in [0, 0.05) is 19.6 Å². The fraction of sp³-hybridized carbons (Fsp3) is 0.682. The second-order valence-corrected chi connectivity index (χ2v) is 8.36. The number of rotatable bonds is 9. The number of aliphatic imine (C=N–C) groups is 1. The molecule has 0 saturated carbocycles. The van der Waals surface area contributed by atoms with Gasteiger partial charge in [0.1, 0.15) is 5.75 Å². The fourth-order valence-electron chi connectivity index (χ4n) is 3.40. The lowest BCUT2D eigenvalue weighted by Gasteiger charge is -2.20. The lowest BCUT2D eigenvalue weighted by molar-refractivity contribution is -0.143. The SMILES string of the molecule is CCNC(=NCC1CCN(CC(F)(F)F)C1)NC(C)c1ccc(OCC(C)C)cc1.I. The summed E-state index contributed by atoms with van der Waals surface area (Å²) in [5.41, 5.74) is 1.11. The van der Waals surface area contributed by atoms with Crippen LogP contribution in [0.3, 0.4) is 0 Å². The van der Waals surface area contributed by atoms with Gasteiger partial charge in [-0.25, -0.2) is 0 Å². The molecule has 0 amide bonds. The van der Waals surface area contributed by atoms with Crippen LogP contribution in [0.25, 0.3) is 0 Å². The van der Waals surface area contributed by atoms with E-state index in [-0.39, 0.29) is 35.9 Å². The lowest BCUT2D eigenvalue weighted by Crippen LogP contribution is -2.39. The van der Waals surface area contributed by atoms with Crippen molar-refractivity contribution in [1.29, 1.82) is 0 Å². The molecule has 0 bridgehead atoms. The van der Waals surface area contributed by atoms with Crippen molar-refractivity contribution in [3.63, 3.8) is 0 Å². The Morgan fingerprint density at radius 2 is 1.90 bits per heavy atom. The van der Waals surface area contributed by atoms with E-state index in [0.29, 0.717) is 44.7 Å². The summed E-state index contributed by atoms with van der Waals surface area (Å²) in [5, 5.41) is 6.60. The van der Waals surface area contributed by atoms with Crippen LogP contribution in [-0.2, 0) is 0 Å². The molecule has 1 heterocycles. The van der Waals surface area contributed by atoms with E-state index >= 15 is 0 Å². The van der Waals surface area contributed by atoms with Gasteiger partial charge in [0.05, 0.1) is 19.2 Å². The van der Waals surface area contributed by atoms with Crippen molar-refractivity contribution in [2.24, 2.45) is 16.8 Å². The monoisotopic (exact) mass is 556 g/mol. The van der Waals surface area contributed by atoms with Crippen molar-refractivity contribution in [3.8, 4) is 5.75 Å². The van der Waals surface area contributed by atoms with E-state index in [1.165, 1.54) is 4.90 Å². The Morgan fingerprint density at radius 1 is 1.23 bits per heavy atom. The molecule has 0 spiro atoms. The molecule has 2 rings (SSSR count). The summed E-state index contributed by atoms with van der Waals surface area (Å²) in [6.07, 6.45) is -3.40. The van der Waals surface area contributed by atoms with Crippen molar-refractivity contribution >= 4 is 29.9 Å². The first-order valence-corrected chi connectivity index (χ1v) is 10.7. The standard InChI is InChI=1S/C22H35F3N4O.HI/c1-5-26-21(27-12-18-10-11-29(13-18)15-22(23,24)25)28-17(4)19-6-8-20(9-7-19)30-14-16(2)3;/h6-9,16-18H,5,10-15H2,1-4H3,(H2,26,27,28);1H. The quantitative estimate of drug-likeness (QED) is 0.260. The molecule has 2 atom stereocenters. The van der Waals surface area contributed by atoms with Gasteiger partial charge >= 0.3 is 6.18 Å². The molecule has 1 saturated heterocycles. The number of guanidine groups is 1. The van der Waals surface area contributed by atoms with E-state index in [4.69, 9.17) is 4.74 Å². The average molecular weight is 556 g/mol. The number of alkyl halides is 3. The van der Waals surface area contributed by atoms with Crippen LogP contribution in [0, 0.1) is 11.8 Å². The molecule has 2 unspecified atom stereocenters. The minimum absolute atomic E-state index is 0. The molecular formula is C22H36F3IN4O. The van der Waals surface area contributed by atoms with Gasteiger partial charge in [0.15, 0.2) is 5.96 Å². The Morgan fingerprint density at radius 3 is 2.48 bits per heavy atom. The van der Waals surface area contributed by atoms with Gasteiger partial charge in [0.25, 0.3) is 0 Å². The number of benzene rings is 1. The van der Waals surface area contributed by atoms with E-state index in [1.54, 1.807) is 0 Å². The third kappa shape index (κ3) is 10.8. The zero-order chi connectivity index (χ0) is 22.1. The molecular weight excluding hydrogens is 520 g/mol. The normalized spacial score (nSPS) is 18.6. The first kappa shape index (κ1) is 27.8. The lowest BCUT2D eigenvalue weighted by atomic mass is 10.1.